The summed E-state index contributed by atoms with van der Waals surface area (Å²) in [6.07, 6.45) is -0.828. The predicted molar refractivity (Wildman–Crippen MR) is 83.9 cm³/mol. The molecule has 1 N–H and O–H groups in total. The van der Waals surface area contributed by atoms with Crippen LogP contribution in [0.15, 0.2) is 54.6 Å². The number of fused-ring (bicyclic) bond motifs is 1. The van der Waals surface area contributed by atoms with Crippen molar-refractivity contribution in [3.63, 3.8) is 0 Å². The quantitative estimate of drug-likeness (QED) is 0.722. The zero-order valence-corrected chi connectivity index (χ0v) is 12.1. The first-order chi connectivity index (χ1) is 10.1. The zero-order chi connectivity index (χ0) is 15.0. The molecule has 0 saturated carbocycles. The molecule has 0 radical (unpaired) electrons. The number of hydrogen-bond acceptors (Lipinski definition) is 1. The Morgan fingerprint density at radius 2 is 1.62 bits per heavy atom. The van der Waals surface area contributed by atoms with Crippen LogP contribution in [-0.4, -0.2) is 5.11 Å². The van der Waals surface area contributed by atoms with Gasteiger partial charge in [-0.3, -0.25) is 0 Å². The summed E-state index contributed by atoms with van der Waals surface area (Å²) in [6.45, 7) is 3.68. The largest absolute Gasteiger partial charge is 0.384 e. The van der Waals surface area contributed by atoms with Crippen LogP contribution in [0.5, 0.6) is 0 Å². The van der Waals surface area contributed by atoms with Gasteiger partial charge in [-0.15, -0.1) is 0 Å². The molecule has 106 valence electrons. The Balaban J connectivity index is 2.19. The molecule has 21 heavy (non-hydrogen) atoms. The molecule has 1 unspecified atom stereocenters. The van der Waals surface area contributed by atoms with E-state index in [4.69, 9.17) is 0 Å². The van der Waals surface area contributed by atoms with Crippen LogP contribution in [0.25, 0.3) is 10.8 Å². The van der Waals surface area contributed by atoms with E-state index in [1.54, 1.807) is 19.1 Å². The van der Waals surface area contributed by atoms with Gasteiger partial charge in [-0.25, -0.2) is 4.39 Å². The molecule has 0 aliphatic rings. The molecule has 0 amide bonds. The Bertz CT molecular complexity index is 808. The standard InChI is InChI=1S/C19H17FO/c1-12-7-10-15(11-17(12)20)19(21)18-13(2)8-9-14-5-3-4-6-16(14)18/h3-11,19,21H,1-2H3. The average Bonchev–Trinajstić information content (AvgIpc) is 2.49. The van der Waals surface area contributed by atoms with E-state index in [1.165, 1.54) is 6.07 Å². The molecule has 0 fully saturated rings. The van der Waals surface area contributed by atoms with E-state index in [-0.39, 0.29) is 5.82 Å². The molecule has 0 spiro atoms. The summed E-state index contributed by atoms with van der Waals surface area (Å²) in [4.78, 5) is 0. The van der Waals surface area contributed by atoms with E-state index in [0.29, 0.717) is 11.1 Å². The van der Waals surface area contributed by atoms with Crippen molar-refractivity contribution in [3.8, 4) is 0 Å². The molecule has 0 aliphatic heterocycles. The van der Waals surface area contributed by atoms with Crippen LogP contribution in [0.2, 0.25) is 0 Å². The second kappa shape index (κ2) is 5.30. The van der Waals surface area contributed by atoms with Gasteiger partial charge in [0.2, 0.25) is 0 Å². The van der Waals surface area contributed by atoms with Crippen molar-refractivity contribution in [3.05, 3.63) is 82.7 Å². The summed E-state index contributed by atoms with van der Waals surface area (Å²) in [5.74, 6) is -0.288. The Kier molecular flexibility index (Phi) is 3.48. The highest BCUT2D eigenvalue weighted by Crippen LogP contribution is 2.32. The smallest absolute Gasteiger partial charge is 0.126 e. The Morgan fingerprint density at radius 1 is 0.905 bits per heavy atom. The minimum absolute atomic E-state index is 0.288. The number of benzene rings is 3. The summed E-state index contributed by atoms with van der Waals surface area (Å²) in [5.41, 5.74) is 3.01. The fourth-order valence-electron chi connectivity index (χ4n) is 2.71. The molecule has 1 atom stereocenters. The third-order valence-corrected chi connectivity index (χ3v) is 3.97. The van der Waals surface area contributed by atoms with Gasteiger partial charge in [0.1, 0.15) is 11.9 Å². The van der Waals surface area contributed by atoms with E-state index in [2.05, 4.69) is 0 Å². The molecule has 0 bridgehead atoms. The maximum atomic E-state index is 13.8. The third kappa shape index (κ3) is 2.43. The lowest BCUT2D eigenvalue weighted by Gasteiger charge is -2.17. The van der Waals surface area contributed by atoms with Gasteiger partial charge in [0.15, 0.2) is 0 Å². The van der Waals surface area contributed by atoms with Gasteiger partial charge in [-0.05, 0) is 52.9 Å². The van der Waals surface area contributed by atoms with Crippen LogP contribution in [0, 0.1) is 19.7 Å². The van der Waals surface area contributed by atoms with E-state index < -0.39 is 6.10 Å². The third-order valence-electron chi connectivity index (χ3n) is 3.97. The van der Waals surface area contributed by atoms with E-state index in [1.807, 2.05) is 43.3 Å². The fraction of sp³-hybridized carbons (Fsp3) is 0.158. The van der Waals surface area contributed by atoms with Crippen LogP contribution >= 0.6 is 0 Å². The highest BCUT2D eigenvalue weighted by Gasteiger charge is 2.17. The topological polar surface area (TPSA) is 20.2 Å². The van der Waals surface area contributed by atoms with Gasteiger partial charge in [0.05, 0.1) is 0 Å². The van der Waals surface area contributed by atoms with Crippen molar-refractivity contribution in [2.75, 3.05) is 0 Å². The second-order valence-electron chi connectivity index (χ2n) is 5.43. The molecule has 0 heterocycles. The number of aliphatic hydroxyl groups is 1. The summed E-state index contributed by atoms with van der Waals surface area (Å²) >= 11 is 0. The minimum atomic E-state index is -0.828. The maximum Gasteiger partial charge on any atom is 0.126 e. The van der Waals surface area contributed by atoms with Gasteiger partial charge in [-0.1, -0.05) is 48.5 Å². The molecule has 3 aromatic rings. The molecular weight excluding hydrogens is 263 g/mol. The van der Waals surface area contributed by atoms with Crippen molar-refractivity contribution in [2.24, 2.45) is 0 Å². The number of rotatable bonds is 2. The van der Waals surface area contributed by atoms with E-state index in [9.17, 15) is 9.50 Å². The molecule has 0 saturated heterocycles. The summed E-state index contributed by atoms with van der Waals surface area (Å²) < 4.78 is 13.8. The molecule has 0 aromatic heterocycles. The van der Waals surface area contributed by atoms with Gasteiger partial charge in [0, 0.05) is 0 Å². The molecule has 2 heteroatoms. The van der Waals surface area contributed by atoms with Crippen LogP contribution in [0.4, 0.5) is 4.39 Å². The Hall–Kier alpha value is -2.19. The van der Waals surface area contributed by atoms with Crippen molar-refractivity contribution < 1.29 is 9.50 Å². The van der Waals surface area contributed by atoms with Crippen molar-refractivity contribution in [1.82, 2.24) is 0 Å². The Labute approximate surface area is 123 Å². The second-order valence-corrected chi connectivity index (χ2v) is 5.43. The number of hydrogen-bond donors (Lipinski definition) is 1. The molecule has 3 aromatic carbocycles. The highest BCUT2D eigenvalue weighted by atomic mass is 19.1. The van der Waals surface area contributed by atoms with E-state index >= 15 is 0 Å². The summed E-state index contributed by atoms with van der Waals surface area (Å²) in [5, 5.41) is 12.8. The average molecular weight is 280 g/mol. The van der Waals surface area contributed by atoms with Crippen molar-refractivity contribution in [1.29, 1.82) is 0 Å². The highest BCUT2D eigenvalue weighted by molar-refractivity contribution is 5.87. The van der Waals surface area contributed by atoms with E-state index in [0.717, 1.165) is 21.9 Å². The minimum Gasteiger partial charge on any atom is -0.384 e. The van der Waals surface area contributed by atoms with Crippen LogP contribution < -0.4 is 0 Å². The summed E-state index contributed by atoms with van der Waals surface area (Å²) in [7, 11) is 0. The SMILES string of the molecule is Cc1ccc(C(O)c2c(C)ccc3ccccc23)cc1F. The number of aliphatic hydroxyl groups excluding tert-OH is 1. The van der Waals surface area contributed by atoms with Crippen LogP contribution in [-0.2, 0) is 0 Å². The first-order valence-corrected chi connectivity index (χ1v) is 7.00. The lowest BCUT2D eigenvalue weighted by molar-refractivity contribution is 0.220. The maximum absolute atomic E-state index is 13.8. The molecule has 1 nitrogen and oxygen atoms in total. The van der Waals surface area contributed by atoms with Gasteiger partial charge >= 0.3 is 0 Å². The fourth-order valence-corrected chi connectivity index (χ4v) is 2.71. The lowest BCUT2D eigenvalue weighted by Crippen LogP contribution is -2.04. The van der Waals surface area contributed by atoms with Crippen molar-refractivity contribution in [2.45, 2.75) is 20.0 Å². The molecular formula is C19H17FO. The van der Waals surface area contributed by atoms with Gasteiger partial charge < -0.3 is 5.11 Å². The van der Waals surface area contributed by atoms with Crippen molar-refractivity contribution >= 4 is 10.8 Å². The predicted octanol–water partition coefficient (Wildman–Crippen LogP) is 4.68. The van der Waals surface area contributed by atoms with Gasteiger partial charge in [-0.2, -0.15) is 0 Å². The molecule has 3 rings (SSSR count). The van der Waals surface area contributed by atoms with Gasteiger partial charge in [0.25, 0.3) is 0 Å². The number of halogens is 1. The van der Waals surface area contributed by atoms with Crippen LogP contribution in [0.3, 0.4) is 0 Å². The molecule has 0 aliphatic carbocycles. The van der Waals surface area contributed by atoms with Crippen LogP contribution in [0.1, 0.15) is 28.4 Å². The first kappa shape index (κ1) is 13.8. The first-order valence-electron chi connectivity index (χ1n) is 7.00. The monoisotopic (exact) mass is 280 g/mol. The Morgan fingerprint density at radius 3 is 2.38 bits per heavy atom. The number of aryl methyl sites for hydroxylation is 2. The summed E-state index contributed by atoms with van der Waals surface area (Å²) in [6, 6.07) is 16.9. The zero-order valence-electron chi connectivity index (χ0n) is 12.1. The normalized spacial score (nSPS) is 12.6. The lowest BCUT2D eigenvalue weighted by atomic mass is 9.92.